The van der Waals surface area contributed by atoms with Gasteiger partial charge in [0.15, 0.2) is 0 Å². The Hall–Kier alpha value is -1.75. The summed E-state index contributed by atoms with van der Waals surface area (Å²) in [5.41, 5.74) is 11.2. The minimum absolute atomic E-state index is 0. The Morgan fingerprint density at radius 2 is 1.59 bits per heavy atom. The van der Waals surface area contributed by atoms with Gasteiger partial charge in [0.2, 0.25) is 5.91 Å². The molecule has 1 fully saturated rings. The van der Waals surface area contributed by atoms with Crippen LogP contribution in [0, 0.1) is 13.8 Å². The van der Waals surface area contributed by atoms with Crippen LogP contribution >= 0.6 is 24.8 Å². The molecule has 1 aliphatic rings. The molecule has 1 unspecified atom stereocenters. The van der Waals surface area contributed by atoms with E-state index in [1.165, 1.54) is 16.8 Å². The van der Waals surface area contributed by atoms with Crippen molar-refractivity contribution in [1.29, 1.82) is 0 Å². The number of halogens is 2. The average molecular weight is 410 g/mol. The first kappa shape index (κ1) is 23.3. The molecule has 2 N–H and O–H groups in total. The highest BCUT2D eigenvalue weighted by Crippen LogP contribution is 2.24. The summed E-state index contributed by atoms with van der Waals surface area (Å²) >= 11 is 0. The minimum Gasteiger partial charge on any atom is -0.368 e. The molecule has 4 nitrogen and oxygen atoms in total. The molecule has 0 bridgehead atoms. The first-order valence-corrected chi connectivity index (χ1v) is 8.95. The number of amides is 1. The van der Waals surface area contributed by atoms with Crippen molar-refractivity contribution in [1.82, 2.24) is 4.90 Å². The normalized spacial score (nSPS) is 14.8. The third kappa shape index (κ3) is 5.61. The SMILES string of the molecule is Cc1cccc(N2CCN(C(=O)C(N)Cc3ccccc3)CC2)c1C.Cl.Cl. The molecule has 0 radical (unpaired) electrons. The Balaban J connectivity index is 0.00000182. The molecular formula is C21H29Cl2N3O. The number of piperazine rings is 1. The highest BCUT2D eigenvalue weighted by Gasteiger charge is 2.26. The maximum atomic E-state index is 12.6. The van der Waals surface area contributed by atoms with Gasteiger partial charge in [0, 0.05) is 31.9 Å². The molecular weight excluding hydrogens is 381 g/mol. The largest absolute Gasteiger partial charge is 0.368 e. The maximum absolute atomic E-state index is 12.6. The number of nitrogens with two attached hydrogens (primary N) is 1. The number of nitrogens with zero attached hydrogens (tertiary/aromatic N) is 2. The van der Waals surface area contributed by atoms with Gasteiger partial charge in [0.25, 0.3) is 0 Å². The van der Waals surface area contributed by atoms with Crippen LogP contribution in [-0.2, 0) is 11.2 Å². The average Bonchev–Trinajstić information content (AvgIpc) is 2.64. The van der Waals surface area contributed by atoms with Crippen LogP contribution in [0.1, 0.15) is 16.7 Å². The highest BCUT2D eigenvalue weighted by atomic mass is 35.5. The van der Waals surface area contributed by atoms with E-state index in [0.717, 1.165) is 31.7 Å². The molecule has 1 aliphatic heterocycles. The highest BCUT2D eigenvalue weighted by molar-refractivity contribution is 5.85. The van der Waals surface area contributed by atoms with Gasteiger partial charge in [-0.1, -0.05) is 42.5 Å². The van der Waals surface area contributed by atoms with E-state index in [-0.39, 0.29) is 30.7 Å². The summed E-state index contributed by atoms with van der Waals surface area (Å²) < 4.78 is 0. The standard InChI is InChI=1S/C21H27N3O.2ClH/c1-16-7-6-10-20(17(16)2)23-11-13-24(14-12-23)21(25)19(22)15-18-8-4-3-5-9-18;;/h3-10,19H,11-15,22H2,1-2H3;2*1H. The van der Waals surface area contributed by atoms with Crippen LogP contribution in [0.5, 0.6) is 0 Å². The molecule has 0 saturated carbocycles. The number of carbonyl (C=O) groups excluding carboxylic acids is 1. The fourth-order valence-corrected chi connectivity index (χ4v) is 3.44. The monoisotopic (exact) mass is 409 g/mol. The van der Waals surface area contributed by atoms with Crippen LogP contribution in [-0.4, -0.2) is 43.0 Å². The second kappa shape index (κ2) is 10.5. The number of carbonyl (C=O) groups is 1. The van der Waals surface area contributed by atoms with Gasteiger partial charge in [-0.05, 0) is 43.0 Å². The predicted molar refractivity (Wildman–Crippen MR) is 117 cm³/mol. The summed E-state index contributed by atoms with van der Waals surface area (Å²) in [6.07, 6.45) is 0.594. The molecule has 3 rings (SSSR count). The van der Waals surface area contributed by atoms with Crippen LogP contribution in [0.3, 0.4) is 0 Å². The van der Waals surface area contributed by atoms with E-state index >= 15 is 0 Å². The number of rotatable bonds is 4. The number of benzene rings is 2. The van der Waals surface area contributed by atoms with Crippen molar-refractivity contribution in [3.05, 3.63) is 65.2 Å². The van der Waals surface area contributed by atoms with Gasteiger partial charge in [0.1, 0.15) is 0 Å². The first-order chi connectivity index (χ1) is 12.1. The Labute approximate surface area is 174 Å². The van der Waals surface area contributed by atoms with E-state index < -0.39 is 6.04 Å². The van der Waals surface area contributed by atoms with Gasteiger partial charge in [0.05, 0.1) is 6.04 Å². The van der Waals surface area contributed by atoms with E-state index in [2.05, 4.69) is 36.9 Å². The van der Waals surface area contributed by atoms with Gasteiger partial charge in [-0.3, -0.25) is 4.79 Å². The van der Waals surface area contributed by atoms with Gasteiger partial charge in [-0.2, -0.15) is 0 Å². The molecule has 0 aromatic heterocycles. The molecule has 1 amide bonds. The third-order valence-electron chi connectivity index (χ3n) is 5.12. The molecule has 27 heavy (non-hydrogen) atoms. The first-order valence-electron chi connectivity index (χ1n) is 8.95. The quantitative estimate of drug-likeness (QED) is 0.841. The lowest BCUT2D eigenvalue weighted by atomic mass is 10.0. The minimum atomic E-state index is -0.463. The van der Waals surface area contributed by atoms with E-state index in [1.54, 1.807) is 0 Å². The lowest BCUT2D eigenvalue weighted by Gasteiger charge is -2.38. The van der Waals surface area contributed by atoms with Gasteiger partial charge in [-0.15, -0.1) is 24.8 Å². The van der Waals surface area contributed by atoms with Crippen molar-refractivity contribution in [3.8, 4) is 0 Å². The molecule has 148 valence electrons. The Kier molecular flexibility index (Phi) is 9.10. The van der Waals surface area contributed by atoms with Crippen molar-refractivity contribution in [2.75, 3.05) is 31.1 Å². The van der Waals surface area contributed by atoms with E-state index in [0.29, 0.717) is 6.42 Å². The topological polar surface area (TPSA) is 49.6 Å². The summed E-state index contributed by atoms with van der Waals surface area (Å²) in [6, 6.07) is 15.9. The molecule has 6 heteroatoms. The van der Waals surface area contributed by atoms with Crippen LogP contribution in [0.15, 0.2) is 48.5 Å². The van der Waals surface area contributed by atoms with Crippen molar-refractivity contribution in [2.24, 2.45) is 5.73 Å². The molecule has 1 heterocycles. The van der Waals surface area contributed by atoms with Crippen LogP contribution in [0.2, 0.25) is 0 Å². The van der Waals surface area contributed by atoms with Crippen LogP contribution in [0.4, 0.5) is 5.69 Å². The lowest BCUT2D eigenvalue weighted by molar-refractivity contribution is -0.132. The van der Waals surface area contributed by atoms with E-state index in [4.69, 9.17) is 5.73 Å². The summed E-state index contributed by atoms with van der Waals surface area (Å²) in [7, 11) is 0. The second-order valence-electron chi connectivity index (χ2n) is 6.83. The maximum Gasteiger partial charge on any atom is 0.239 e. The number of hydrogen-bond donors (Lipinski definition) is 1. The van der Waals surface area contributed by atoms with Crippen molar-refractivity contribution in [2.45, 2.75) is 26.3 Å². The molecule has 2 aromatic carbocycles. The van der Waals surface area contributed by atoms with E-state index in [9.17, 15) is 4.79 Å². The Morgan fingerprint density at radius 1 is 0.963 bits per heavy atom. The smallest absolute Gasteiger partial charge is 0.239 e. The second-order valence-corrected chi connectivity index (χ2v) is 6.83. The zero-order valence-corrected chi connectivity index (χ0v) is 17.6. The van der Waals surface area contributed by atoms with Crippen molar-refractivity contribution in [3.63, 3.8) is 0 Å². The fourth-order valence-electron chi connectivity index (χ4n) is 3.44. The predicted octanol–water partition coefficient (Wildman–Crippen LogP) is 3.37. The molecule has 1 atom stereocenters. The van der Waals surface area contributed by atoms with Crippen LogP contribution < -0.4 is 10.6 Å². The molecule has 2 aromatic rings. The number of hydrogen-bond acceptors (Lipinski definition) is 3. The molecule has 0 spiro atoms. The third-order valence-corrected chi connectivity index (χ3v) is 5.12. The number of anilines is 1. The molecule has 0 aliphatic carbocycles. The fraction of sp³-hybridized carbons (Fsp3) is 0.381. The number of aryl methyl sites for hydroxylation is 1. The summed E-state index contributed by atoms with van der Waals surface area (Å²) in [4.78, 5) is 16.9. The van der Waals surface area contributed by atoms with Gasteiger partial charge < -0.3 is 15.5 Å². The zero-order chi connectivity index (χ0) is 17.8. The lowest BCUT2D eigenvalue weighted by Crippen LogP contribution is -2.53. The van der Waals surface area contributed by atoms with E-state index in [1.807, 2.05) is 35.2 Å². The van der Waals surface area contributed by atoms with Crippen molar-refractivity contribution >= 4 is 36.4 Å². The Morgan fingerprint density at radius 3 is 2.22 bits per heavy atom. The van der Waals surface area contributed by atoms with Gasteiger partial charge >= 0.3 is 0 Å². The summed E-state index contributed by atoms with van der Waals surface area (Å²) in [6.45, 7) is 7.48. The Bertz CT molecular complexity index is 731. The van der Waals surface area contributed by atoms with Crippen molar-refractivity contribution < 1.29 is 4.79 Å². The molecule has 1 saturated heterocycles. The summed E-state index contributed by atoms with van der Waals surface area (Å²) in [5, 5.41) is 0. The van der Waals surface area contributed by atoms with Gasteiger partial charge in [-0.25, -0.2) is 0 Å². The summed E-state index contributed by atoms with van der Waals surface area (Å²) in [5.74, 6) is 0.0597. The zero-order valence-electron chi connectivity index (χ0n) is 15.9. The van der Waals surface area contributed by atoms with Crippen LogP contribution in [0.25, 0.3) is 0 Å².